The Morgan fingerprint density at radius 3 is 2.64 bits per heavy atom. The Hall–Kier alpha value is -1.29. The molecule has 2 aliphatic rings. The molecule has 0 spiro atoms. The van der Waals surface area contributed by atoms with Gasteiger partial charge >= 0.3 is 0 Å². The van der Waals surface area contributed by atoms with Crippen LogP contribution in [-0.4, -0.2) is 43.6 Å². The summed E-state index contributed by atoms with van der Waals surface area (Å²) in [6, 6.07) is 0.392. The summed E-state index contributed by atoms with van der Waals surface area (Å²) in [5, 5.41) is 10.4. The van der Waals surface area contributed by atoms with Crippen LogP contribution in [0.25, 0.3) is 0 Å². The Kier molecular flexibility index (Phi) is 5.57. The maximum atomic E-state index is 12.9. The lowest BCUT2D eigenvalue weighted by Gasteiger charge is -2.31. The van der Waals surface area contributed by atoms with E-state index in [1.807, 2.05) is 0 Å². The predicted octanol–water partition coefficient (Wildman–Crippen LogP) is 1.52. The fourth-order valence-corrected chi connectivity index (χ4v) is 4.53. The van der Waals surface area contributed by atoms with Crippen molar-refractivity contribution in [3.63, 3.8) is 0 Å². The van der Waals surface area contributed by atoms with Crippen molar-refractivity contribution in [3.05, 3.63) is 10.6 Å². The molecular weight excluding hydrogens is 333 g/mol. The number of nitrogens with two attached hydrogens (primary N) is 1. The summed E-state index contributed by atoms with van der Waals surface area (Å²) >= 11 is 6.34. The van der Waals surface area contributed by atoms with Gasteiger partial charge in [-0.2, -0.15) is 0 Å². The van der Waals surface area contributed by atoms with Crippen LogP contribution in [0.5, 0.6) is 5.75 Å². The number of benzene rings is 1. The molecule has 0 aromatic heterocycles. The van der Waals surface area contributed by atoms with E-state index in [1.54, 1.807) is 14.1 Å². The lowest BCUT2D eigenvalue weighted by Crippen LogP contribution is -2.39. The number of carbonyl (C=O) groups excluding carboxylic acids is 1. The molecule has 1 aromatic rings. The van der Waals surface area contributed by atoms with Gasteiger partial charge in [0, 0.05) is 29.2 Å². The van der Waals surface area contributed by atoms with Crippen LogP contribution in [-0.2, 0) is 11.2 Å². The number of phenolic OH excluding ortho intramolecular Hbond substituents is 1. The van der Waals surface area contributed by atoms with E-state index in [0.717, 1.165) is 25.8 Å². The molecule has 1 atom stereocenters. The normalized spacial score (nSPS) is 21.8. The van der Waals surface area contributed by atoms with E-state index in [1.165, 1.54) is 19.3 Å². The molecule has 4 nitrogen and oxygen atoms in total. The van der Waals surface area contributed by atoms with Gasteiger partial charge in [0.1, 0.15) is 13.6 Å². The smallest absolute Gasteiger partial charge is 0.226 e. The first-order chi connectivity index (χ1) is 12.0. The maximum absolute atomic E-state index is 12.9. The summed E-state index contributed by atoms with van der Waals surface area (Å²) in [5.74, 6) is 0.00162. The van der Waals surface area contributed by atoms with Gasteiger partial charge in [0.2, 0.25) is 5.91 Å². The van der Waals surface area contributed by atoms with Crippen molar-refractivity contribution >= 4 is 49.2 Å². The van der Waals surface area contributed by atoms with Gasteiger partial charge in [0.15, 0.2) is 7.28 Å². The third-order valence-corrected chi connectivity index (χ3v) is 6.16. The molecule has 2 fully saturated rings. The standard InChI is InChI=1S/C18H24B2ClN2O2/c1-20-14-16(22)12(15(21)13(19)17(14)24)9-10-7-8-23(18(10)25)11-5-3-2-4-6-11/h10-11,24H,2-9,22H2,1H3. The first-order valence-electron chi connectivity index (χ1n) is 9.13. The minimum Gasteiger partial charge on any atom is -0.509 e. The van der Waals surface area contributed by atoms with Crippen molar-refractivity contribution < 1.29 is 9.90 Å². The van der Waals surface area contributed by atoms with Crippen LogP contribution >= 0.6 is 11.6 Å². The van der Waals surface area contributed by atoms with Crippen LogP contribution in [0.4, 0.5) is 5.69 Å². The molecule has 3 rings (SSSR count). The van der Waals surface area contributed by atoms with E-state index in [9.17, 15) is 9.90 Å². The fraction of sp³-hybridized carbons (Fsp3) is 0.611. The Labute approximate surface area is 156 Å². The second kappa shape index (κ2) is 7.53. The third-order valence-electron chi connectivity index (χ3n) is 5.73. The first-order valence-corrected chi connectivity index (χ1v) is 9.51. The molecule has 1 saturated carbocycles. The Morgan fingerprint density at radius 2 is 2.00 bits per heavy atom. The maximum Gasteiger partial charge on any atom is 0.226 e. The highest BCUT2D eigenvalue weighted by molar-refractivity contribution is 6.58. The number of hydrogen-bond acceptors (Lipinski definition) is 3. The molecule has 1 aliphatic heterocycles. The number of hydrogen-bond donors (Lipinski definition) is 2. The van der Waals surface area contributed by atoms with Gasteiger partial charge in [-0.15, -0.1) is 0 Å². The zero-order valence-electron chi connectivity index (χ0n) is 14.7. The number of nitrogen functional groups attached to an aromatic ring is 1. The summed E-state index contributed by atoms with van der Waals surface area (Å²) in [6.45, 7) is 2.60. The van der Waals surface area contributed by atoms with Crippen molar-refractivity contribution in [2.24, 2.45) is 5.92 Å². The largest absolute Gasteiger partial charge is 0.509 e. The van der Waals surface area contributed by atoms with Gasteiger partial charge in [-0.05, 0) is 42.2 Å². The van der Waals surface area contributed by atoms with E-state index in [0.29, 0.717) is 29.2 Å². The van der Waals surface area contributed by atoms with Gasteiger partial charge in [-0.25, -0.2) is 0 Å². The Balaban J connectivity index is 1.81. The number of aromatic hydroxyl groups is 1. The number of amides is 1. The zero-order valence-corrected chi connectivity index (χ0v) is 15.5. The van der Waals surface area contributed by atoms with E-state index in [-0.39, 0.29) is 28.1 Å². The average molecular weight is 357 g/mol. The molecule has 1 amide bonds. The van der Waals surface area contributed by atoms with Crippen molar-refractivity contribution in [1.82, 2.24) is 4.90 Å². The number of likely N-dealkylation sites (tertiary alicyclic amines) is 1. The van der Waals surface area contributed by atoms with Gasteiger partial charge in [0.25, 0.3) is 0 Å². The molecule has 131 valence electrons. The molecule has 7 heteroatoms. The predicted molar refractivity (Wildman–Crippen MR) is 105 cm³/mol. The lowest BCUT2D eigenvalue weighted by molar-refractivity contribution is -0.133. The van der Waals surface area contributed by atoms with Crippen LogP contribution < -0.4 is 16.7 Å². The SMILES string of the molecule is [B]c1c(O)c([B]C)c(N)c(CC2CCN(C3CCCCC3)C2=O)c1Cl. The van der Waals surface area contributed by atoms with E-state index >= 15 is 0 Å². The monoisotopic (exact) mass is 357 g/mol. The number of phenols is 1. The quantitative estimate of drug-likeness (QED) is 0.634. The van der Waals surface area contributed by atoms with Gasteiger partial charge in [-0.1, -0.05) is 37.7 Å². The first kappa shape index (κ1) is 18.5. The van der Waals surface area contributed by atoms with E-state index in [2.05, 4.69) is 4.90 Å². The number of halogens is 1. The van der Waals surface area contributed by atoms with Crippen LogP contribution in [0.3, 0.4) is 0 Å². The Bertz CT molecular complexity index is 678. The van der Waals surface area contributed by atoms with Crippen LogP contribution in [0.1, 0.15) is 44.1 Å². The topological polar surface area (TPSA) is 66.6 Å². The number of rotatable bonds is 4. The summed E-state index contributed by atoms with van der Waals surface area (Å²) in [5.41, 5.74) is 7.93. The third kappa shape index (κ3) is 3.38. The molecule has 25 heavy (non-hydrogen) atoms. The zero-order chi connectivity index (χ0) is 18.1. The minimum atomic E-state index is -0.115. The van der Waals surface area contributed by atoms with Crippen LogP contribution in [0, 0.1) is 5.92 Å². The van der Waals surface area contributed by atoms with Gasteiger partial charge in [-0.3, -0.25) is 4.79 Å². The number of nitrogens with zero attached hydrogens (tertiary/aromatic N) is 1. The molecule has 0 bridgehead atoms. The summed E-state index contributed by atoms with van der Waals surface area (Å²) in [6.07, 6.45) is 7.21. The van der Waals surface area contributed by atoms with Crippen LogP contribution in [0.2, 0.25) is 11.8 Å². The molecule has 3 radical (unpaired) electrons. The molecule has 1 unspecified atom stereocenters. The lowest BCUT2D eigenvalue weighted by atomic mass is 9.68. The average Bonchev–Trinajstić information content (AvgIpc) is 2.99. The number of anilines is 1. The van der Waals surface area contributed by atoms with Crippen LogP contribution in [0.15, 0.2) is 0 Å². The Morgan fingerprint density at radius 1 is 1.32 bits per heavy atom. The van der Waals surface area contributed by atoms with Crippen molar-refractivity contribution in [1.29, 1.82) is 0 Å². The summed E-state index contributed by atoms with van der Waals surface area (Å²) in [4.78, 5) is 15.0. The molecule has 1 saturated heterocycles. The minimum absolute atomic E-state index is 0.0877. The summed E-state index contributed by atoms with van der Waals surface area (Å²) < 4.78 is 0. The fourth-order valence-electron chi connectivity index (χ4n) is 4.27. The number of carbonyl (C=O) groups is 1. The molecule has 1 aliphatic carbocycles. The molecule has 1 heterocycles. The highest BCUT2D eigenvalue weighted by atomic mass is 35.5. The highest BCUT2D eigenvalue weighted by Gasteiger charge is 2.37. The molecular formula is C18H24B2ClN2O2. The highest BCUT2D eigenvalue weighted by Crippen LogP contribution is 2.33. The van der Waals surface area contributed by atoms with Gasteiger partial charge < -0.3 is 15.7 Å². The van der Waals surface area contributed by atoms with Crippen molar-refractivity contribution in [3.8, 4) is 5.75 Å². The van der Waals surface area contributed by atoms with E-state index < -0.39 is 0 Å². The van der Waals surface area contributed by atoms with Crippen molar-refractivity contribution in [2.75, 3.05) is 12.3 Å². The molecule has 3 N–H and O–H groups in total. The second-order valence-corrected chi connectivity index (χ2v) is 7.56. The van der Waals surface area contributed by atoms with E-state index in [4.69, 9.17) is 25.2 Å². The molecule has 1 aromatic carbocycles. The second-order valence-electron chi connectivity index (χ2n) is 7.18. The summed E-state index contributed by atoms with van der Waals surface area (Å²) in [7, 11) is 7.64. The van der Waals surface area contributed by atoms with Gasteiger partial charge in [0.05, 0.1) is 0 Å². The van der Waals surface area contributed by atoms with Crippen molar-refractivity contribution in [2.45, 2.75) is 57.8 Å².